The highest BCUT2D eigenvalue weighted by atomic mass is 32.2. The van der Waals surface area contributed by atoms with Gasteiger partial charge in [-0.05, 0) is 83.4 Å². The Morgan fingerprint density at radius 1 is 0.742 bits per heavy atom. The average molecular weight is 1330 g/mol. The number of carbonyl (C=O) groups excluding carboxylic acids is 3. The summed E-state index contributed by atoms with van der Waals surface area (Å²) in [6, 6.07) is 40.8. The molecule has 11 rings (SSSR count). The van der Waals surface area contributed by atoms with E-state index in [1.54, 1.807) is 76.6 Å². The number of thioether (sulfide) groups is 1. The first kappa shape index (κ1) is 66.0. The van der Waals surface area contributed by atoms with Gasteiger partial charge in [0.05, 0.1) is 57.0 Å². The van der Waals surface area contributed by atoms with Crippen molar-refractivity contribution in [2.75, 3.05) is 38.1 Å². The van der Waals surface area contributed by atoms with Crippen molar-refractivity contribution in [3.8, 4) is 11.5 Å². The van der Waals surface area contributed by atoms with Gasteiger partial charge in [0.25, 0.3) is 11.5 Å². The lowest BCUT2D eigenvalue weighted by Crippen LogP contribution is -2.50. The summed E-state index contributed by atoms with van der Waals surface area (Å²) < 4.78 is 86.3. The minimum atomic E-state index is -5.47. The van der Waals surface area contributed by atoms with Gasteiger partial charge in [-0.2, -0.15) is 4.98 Å². The predicted molar refractivity (Wildman–Crippen MR) is 347 cm³/mol. The van der Waals surface area contributed by atoms with E-state index in [9.17, 15) is 24.1 Å². The number of H-pyrrole nitrogens is 1. The second kappa shape index (κ2) is 27.2. The number of aromatic nitrogens is 8. The molecule has 9 aromatic rings. The topological polar surface area (TPSA) is 294 Å². The molecule has 2 aliphatic heterocycles. The Hall–Kier alpha value is -8.50. The second-order valence-electron chi connectivity index (χ2n) is 24.1. The standard InChI is InChI=1S/C65H70FN10O14PSSi/c1-38(2)57(77)73-63-72-56-50(59(79)74-63)70-37-76(56)61-53(52(90-93(8,9)64(3,4)5)47(92-61)34-85-65(41-23-17-12-18-24-41,42-25-29-44(83-6)30-26-42)43-27-31-45(84-7)32-28-43)89-91(81,82)86-33-46-51(88-62(80)40-21-15-11-16-22-40)48(66)60(87-46)75-36-69-49-54(67-35-68-55(49)75)71-58(78)39-19-13-10-14-20-39/h10-32,35-38,46-48,51-53,60-61H,33-34H2,1-9H3,(H,81,82)(H,67,68,71,78)(H2,72,73,74,77,79)/t46-,47-,48+,51-,52-,53-,60-,61-/m1/s1. The highest BCUT2D eigenvalue weighted by Crippen LogP contribution is 2.57. The third-order valence-electron chi connectivity index (χ3n) is 16.7. The smallest absolute Gasteiger partial charge is 0.472 e. The minimum Gasteiger partial charge on any atom is -0.497 e. The molecule has 0 bridgehead atoms. The van der Waals surface area contributed by atoms with Crippen molar-refractivity contribution >= 4 is 79.8 Å². The summed E-state index contributed by atoms with van der Waals surface area (Å²) in [6.07, 6.45) is -6.18. The Balaban J connectivity index is 0.980. The van der Waals surface area contributed by atoms with Gasteiger partial charge >= 0.3 is 13.8 Å². The van der Waals surface area contributed by atoms with Gasteiger partial charge in [0, 0.05) is 11.5 Å². The molecule has 1 unspecified atom stereocenters. The molecule has 4 N–H and O–H groups in total. The lowest BCUT2D eigenvalue weighted by atomic mass is 9.80. The summed E-state index contributed by atoms with van der Waals surface area (Å²) in [4.78, 5) is 91.2. The van der Waals surface area contributed by atoms with Crippen molar-refractivity contribution in [1.82, 2.24) is 39.0 Å². The van der Waals surface area contributed by atoms with E-state index in [-0.39, 0.29) is 46.3 Å². The number of phosphoric ester groups is 1. The van der Waals surface area contributed by atoms with Crippen LogP contribution in [0.3, 0.4) is 0 Å². The van der Waals surface area contributed by atoms with Crippen LogP contribution in [0.4, 0.5) is 16.2 Å². The molecule has 0 spiro atoms. The summed E-state index contributed by atoms with van der Waals surface area (Å²) in [7, 11) is -5.31. The van der Waals surface area contributed by atoms with E-state index in [1.165, 1.54) is 45.7 Å². The molecule has 2 amide bonds. The molecule has 486 valence electrons. The lowest BCUT2D eigenvalue weighted by molar-refractivity contribution is -0.119. The number of esters is 1. The molecule has 0 aliphatic carbocycles. The Morgan fingerprint density at radius 2 is 1.32 bits per heavy atom. The van der Waals surface area contributed by atoms with E-state index in [0.29, 0.717) is 28.2 Å². The molecule has 9 atom stereocenters. The van der Waals surface area contributed by atoms with Crippen LogP contribution in [0.5, 0.6) is 11.5 Å². The summed E-state index contributed by atoms with van der Waals surface area (Å²) in [5.41, 5.74) is 0.475. The highest BCUT2D eigenvalue weighted by Gasteiger charge is 2.56. The van der Waals surface area contributed by atoms with Crippen molar-refractivity contribution in [2.45, 2.75) is 106 Å². The normalized spacial score (nSPS) is 20.8. The number of phosphoric acid groups is 1. The van der Waals surface area contributed by atoms with Crippen LogP contribution in [0.1, 0.15) is 83.6 Å². The number of fused-ring (bicyclic) bond motifs is 2. The van der Waals surface area contributed by atoms with Gasteiger partial charge < -0.3 is 38.3 Å². The number of imidazole rings is 2. The van der Waals surface area contributed by atoms with E-state index < -0.39 is 110 Å². The van der Waals surface area contributed by atoms with Crippen LogP contribution >= 0.6 is 19.6 Å². The quantitative estimate of drug-likeness (QED) is 0.0200. The van der Waals surface area contributed by atoms with Crippen molar-refractivity contribution in [1.29, 1.82) is 0 Å². The van der Waals surface area contributed by atoms with E-state index in [1.807, 2.05) is 113 Å². The number of carbonyl (C=O) groups is 3. The highest BCUT2D eigenvalue weighted by molar-refractivity contribution is 8.00. The fourth-order valence-electron chi connectivity index (χ4n) is 10.8. The van der Waals surface area contributed by atoms with Gasteiger partial charge in [0.15, 0.2) is 55.0 Å². The number of benzene rings is 5. The van der Waals surface area contributed by atoms with Crippen molar-refractivity contribution in [2.24, 2.45) is 5.92 Å². The number of rotatable bonds is 23. The number of anilines is 2. The molecule has 4 aromatic heterocycles. The Labute approximate surface area is 539 Å². The minimum absolute atomic E-state index is 0.00828. The SMILES string of the molecule is COc1ccc(C(OC[C@H]2S[C@@H](n3cnc4c(=O)[nH]c(NC(=O)C(C)C)nc43)[C@H](OP(=O)(O)OC[C@H]3O[C@@H](n4cnc5c(NC(=O)c6ccccc6)ncnc54)[C@@H](F)[C@@H]3OC(=O)c3ccccc3)[C@@H]2O[Si](C)(C)C(C)(C)C)(c2ccccc2)c2ccc(OC)cc2)cc1. The third-order valence-corrected chi connectivity index (χ3v) is 23.7. The summed E-state index contributed by atoms with van der Waals surface area (Å²) >= 11 is 1.24. The van der Waals surface area contributed by atoms with Crippen LogP contribution in [0.15, 0.2) is 163 Å². The van der Waals surface area contributed by atoms with Crippen molar-refractivity contribution in [3.63, 3.8) is 0 Å². The third kappa shape index (κ3) is 13.8. The number of nitrogens with zero attached hydrogens (tertiary/aromatic N) is 7. The number of nitrogens with one attached hydrogen (secondary N) is 3. The van der Waals surface area contributed by atoms with Crippen molar-refractivity contribution in [3.05, 3.63) is 197 Å². The first-order chi connectivity index (χ1) is 44.5. The Bertz CT molecular complexity index is 4200. The maximum Gasteiger partial charge on any atom is 0.472 e. The van der Waals surface area contributed by atoms with Gasteiger partial charge in [0.1, 0.15) is 41.0 Å². The van der Waals surface area contributed by atoms with Crippen LogP contribution in [0.25, 0.3) is 22.3 Å². The summed E-state index contributed by atoms with van der Waals surface area (Å²) in [5.74, 6) is -1.33. The summed E-state index contributed by atoms with van der Waals surface area (Å²) in [6.45, 7) is 12.5. The van der Waals surface area contributed by atoms with E-state index in [2.05, 4.69) is 40.5 Å². The zero-order valence-corrected chi connectivity index (χ0v) is 55.0. The zero-order valence-electron chi connectivity index (χ0n) is 52.2. The number of alkyl halides is 1. The number of amides is 2. The molecule has 2 fully saturated rings. The molecule has 0 radical (unpaired) electrons. The maximum absolute atomic E-state index is 17.5. The Morgan fingerprint density at radius 3 is 1.92 bits per heavy atom. The predicted octanol–water partition coefficient (Wildman–Crippen LogP) is 10.8. The number of halogens is 1. The van der Waals surface area contributed by atoms with Crippen LogP contribution in [-0.4, -0.2) is 133 Å². The molecule has 0 saturated carbocycles. The molecule has 93 heavy (non-hydrogen) atoms. The number of hydrogen-bond donors (Lipinski definition) is 4. The van der Waals surface area contributed by atoms with Crippen molar-refractivity contribution < 1.29 is 65.4 Å². The fourth-order valence-corrected chi connectivity index (χ4v) is 14.7. The molecular formula is C65H70FN10O14PSSi. The molecule has 24 nitrogen and oxygen atoms in total. The first-order valence-electron chi connectivity index (χ1n) is 29.8. The maximum atomic E-state index is 17.5. The van der Waals surface area contributed by atoms with Gasteiger partial charge in [-0.15, -0.1) is 11.8 Å². The number of ether oxygens (including phenoxy) is 5. The molecule has 28 heteroatoms. The van der Waals surface area contributed by atoms with E-state index >= 15 is 8.96 Å². The van der Waals surface area contributed by atoms with Crippen LogP contribution in [0, 0.1) is 5.92 Å². The average Bonchev–Trinajstić information content (AvgIpc) is 1.75. The second-order valence-corrected chi connectivity index (χ2v) is 31.6. The molecule has 5 aromatic carbocycles. The van der Waals surface area contributed by atoms with E-state index in [0.717, 1.165) is 11.9 Å². The number of methoxy groups -OCH3 is 2. The molecule has 2 aliphatic rings. The molecule has 6 heterocycles. The summed E-state index contributed by atoms with van der Waals surface area (Å²) in [5, 5.41) is 2.97. The molecular weight excluding hydrogens is 1250 g/mol. The molecule has 2 saturated heterocycles. The zero-order chi connectivity index (χ0) is 66.0. The van der Waals surface area contributed by atoms with Gasteiger partial charge in [0.2, 0.25) is 11.9 Å². The van der Waals surface area contributed by atoms with Crippen LogP contribution < -0.4 is 25.7 Å². The monoisotopic (exact) mass is 1320 g/mol. The largest absolute Gasteiger partial charge is 0.497 e. The van der Waals surface area contributed by atoms with Crippen LogP contribution in [0.2, 0.25) is 18.1 Å². The van der Waals surface area contributed by atoms with Gasteiger partial charge in [-0.3, -0.25) is 42.9 Å². The fraction of sp³-hybridized carbons (Fsp3) is 0.338. The Kier molecular flexibility index (Phi) is 19.3. The number of aromatic amines is 1. The van der Waals surface area contributed by atoms with Gasteiger partial charge in [-0.1, -0.05) is 126 Å². The number of hydrogen-bond acceptors (Lipinski definition) is 19. The first-order valence-corrected chi connectivity index (χ1v) is 35.2. The van der Waals surface area contributed by atoms with Crippen LogP contribution in [-0.2, 0) is 42.6 Å². The lowest BCUT2D eigenvalue weighted by Gasteiger charge is -2.42. The van der Waals surface area contributed by atoms with E-state index in [4.69, 9.17) is 37.2 Å². The van der Waals surface area contributed by atoms with Gasteiger partial charge in [-0.25, -0.2) is 33.7 Å².